The Kier molecular flexibility index (Phi) is 5.21. The average Bonchev–Trinajstić information content (AvgIpc) is 3.32. The molecule has 0 aliphatic carbocycles. The predicted molar refractivity (Wildman–Crippen MR) is 96.1 cm³/mol. The zero-order chi connectivity index (χ0) is 23.3. The summed E-state index contributed by atoms with van der Waals surface area (Å²) in [7, 11) is 0. The van der Waals surface area contributed by atoms with Gasteiger partial charge < -0.3 is 9.73 Å². The Balaban J connectivity index is 1.60. The van der Waals surface area contributed by atoms with Crippen molar-refractivity contribution in [3.8, 4) is 11.3 Å². The van der Waals surface area contributed by atoms with E-state index >= 15 is 0 Å². The molecule has 1 atom stereocenters. The van der Waals surface area contributed by atoms with Crippen LogP contribution in [0.15, 0.2) is 28.8 Å². The largest absolute Gasteiger partial charge is 0.468 e. The van der Waals surface area contributed by atoms with Crippen LogP contribution in [0.3, 0.4) is 0 Å². The van der Waals surface area contributed by atoms with Gasteiger partial charge in [-0.2, -0.15) is 31.4 Å². The molecule has 4 rings (SSSR count). The summed E-state index contributed by atoms with van der Waals surface area (Å²) in [5, 5.41) is 6.92. The molecule has 32 heavy (non-hydrogen) atoms. The van der Waals surface area contributed by atoms with Crippen LogP contribution in [-0.2, 0) is 18.9 Å². The fraction of sp³-hybridized carbons (Fsp3) is 0.368. The molecule has 3 aromatic heterocycles. The van der Waals surface area contributed by atoms with E-state index in [2.05, 4.69) is 24.8 Å². The van der Waals surface area contributed by atoms with Gasteiger partial charge in [-0.1, -0.05) is 0 Å². The van der Waals surface area contributed by atoms with Gasteiger partial charge in [0.25, 0.3) is 5.91 Å². The van der Waals surface area contributed by atoms with E-state index in [1.165, 1.54) is 19.1 Å². The molecule has 0 unspecified atom stereocenters. The number of hydrogen-bond donors (Lipinski definition) is 1. The Morgan fingerprint density at radius 2 is 1.94 bits per heavy atom. The fourth-order valence-corrected chi connectivity index (χ4v) is 3.47. The number of alkyl halides is 6. The second-order valence-electron chi connectivity index (χ2n) is 7.20. The van der Waals surface area contributed by atoms with Gasteiger partial charge in [0.05, 0.1) is 23.1 Å². The number of nitrogens with zero attached hydrogens (tertiary/aromatic N) is 4. The van der Waals surface area contributed by atoms with Gasteiger partial charge in [-0.25, -0.2) is 4.98 Å². The van der Waals surface area contributed by atoms with Crippen molar-refractivity contribution in [1.82, 2.24) is 25.1 Å². The van der Waals surface area contributed by atoms with Gasteiger partial charge in [0.1, 0.15) is 5.69 Å². The van der Waals surface area contributed by atoms with Crippen molar-refractivity contribution < 1.29 is 35.6 Å². The maximum absolute atomic E-state index is 13.0. The molecule has 0 aromatic carbocycles. The molecule has 4 heterocycles. The molecule has 0 spiro atoms. The molecule has 1 aliphatic rings. The summed E-state index contributed by atoms with van der Waals surface area (Å²) >= 11 is 0. The van der Waals surface area contributed by atoms with Crippen LogP contribution in [0.4, 0.5) is 26.3 Å². The number of fused-ring (bicyclic) bond motifs is 1. The summed E-state index contributed by atoms with van der Waals surface area (Å²) in [4.78, 5) is 19.1. The average molecular weight is 459 g/mol. The van der Waals surface area contributed by atoms with Crippen LogP contribution in [0, 0.1) is 6.92 Å². The van der Waals surface area contributed by atoms with E-state index in [9.17, 15) is 31.1 Å². The highest BCUT2D eigenvalue weighted by atomic mass is 19.4. The van der Waals surface area contributed by atoms with Crippen molar-refractivity contribution in [2.45, 2.75) is 44.7 Å². The fourth-order valence-electron chi connectivity index (χ4n) is 3.47. The number of nitrogens with one attached hydrogen (secondary N) is 1. The third-order valence-corrected chi connectivity index (χ3v) is 4.93. The monoisotopic (exact) mass is 459 g/mol. The molecule has 0 bridgehead atoms. The molecular formula is C19H15F6N5O2. The summed E-state index contributed by atoms with van der Waals surface area (Å²) < 4.78 is 83.4. The lowest BCUT2D eigenvalue weighted by Gasteiger charge is -2.24. The van der Waals surface area contributed by atoms with Crippen LogP contribution >= 0.6 is 0 Å². The number of carbonyl (C=O) groups is 1. The first-order chi connectivity index (χ1) is 14.9. The SMILES string of the molecule is Cc1nc(C(F)(F)F)oc1C(=O)N[C@@H]1CCCn2nc(-c3ccnc(C(F)(F)F)c3)cc21. The smallest absolute Gasteiger partial charge is 0.427 e. The molecule has 3 aromatic rings. The zero-order valence-electron chi connectivity index (χ0n) is 16.4. The molecule has 0 saturated carbocycles. The molecule has 1 aliphatic heterocycles. The molecule has 0 saturated heterocycles. The Labute approximate surface area is 176 Å². The van der Waals surface area contributed by atoms with Gasteiger partial charge in [0, 0.05) is 18.3 Å². The van der Waals surface area contributed by atoms with E-state index in [0.29, 0.717) is 25.1 Å². The van der Waals surface area contributed by atoms with Crippen LogP contribution in [0.5, 0.6) is 0 Å². The van der Waals surface area contributed by atoms with Crippen LogP contribution < -0.4 is 5.32 Å². The van der Waals surface area contributed by atoms with Gasteiger partial charge in [-0.05, 0) is 38.0 Å². The Bertz CT molecular complexity index is 1160. The maximum atomic E-state index is 13.0. The summed E-state index contributed by atoms with van der Waals surface area (Å²) in [6.45, 7) is 1.69. The van der Waals surface area contributed by atoms with Crippen molar-refractivity contribution in [3.05, 3.63) is 53.1 Å². The van der Waals surface area contributed by atoms with Crippen molar-refractivity contribution >= 4 is 5.91 Å². The molecule has 13 heteroatoms. The van der Waals surface area contributed by atoms with Crippen molar-refractivity contribution in [2.75, 3.05) is 0 Å². The van der Waals surface area contributed by atoms with Crippen LogP contribution in [-0.4, -0.2) is 25.7 Å². The minimum atomic E-state index is -4.83. The molecule has 170 valence electrons. The highest BCUT2D eigenvalue weighted by Crippen LogP contribution is 2.34. The highest BCUT2D eigenvalue weighted by molar-refractivity contribution is 5.92. The first-order valence-corrected chi connectivity index (χ1v) is 9.40. The van der Waals surface area contributed by atoms with E-state index in [-0.39, 0.29) is 17.0 Å². The number of carbonyl (C=O) groups excluding carboxylic acids is 1. The number of halogens is 6. The zero-order valence-corrected chi connectivity index (χ0v) is 16.4. The normalized spacial score (nSPS) is 16.7. The number of aryl methyl sites for hydroxylation is 2. The number of oxazole rings is 1. The molecule has 0 radical (unpaired) electrons. The summed E-state index contributed by atoms with van der Waals surface area (Å²) in [6, 6.07) is 3.17. The van der Waals surface area contributed by atoms with Gasteiger partial charge in [-0.15, -0.1) is 0 Å². The molecular weight excluding hydrogens is 444 g/mol. The van der Waals surface area contributed by atoms with E-state index in [1.54, 1.807) is 4.68 Å². The van der Waals surface area contributed by atoms with Gasteiger partial charge in [0.2, 0.25) is 5.76 Å². The van der Waals surface area contributed by atoms with Crippen molar-refractivity contribution in [2.24, 2.45) is 0 Å². The first-order valence-electron chi connectivity index (χ1n) is 9.40. The highest BCUT2D eigenvalue weighted by Gasteiger charge is 2.39. The number of rotatable bonds is 3. The van der Waals surface area contributed by atoms with Gasteiger partial charge in [0.15, 0.2) is 0 Å². The topological polar surface area (TPSA) is 85.8 Å². The van der Waals surface area contributed by atoms with Crippen molar-refractivity contribution in [1.29, 1.82) is 0 Å². The number of hydrogen-bond acceptors (Lipinski definition) is 5. The molecule has 1 N–H and O–H groups in total. The standard InChI is InChI=1S/C19H15F6N5O2/c1-9-15(32-17(27-9)19(23,24)25)16(31)28-11-3-2-6-30-13(11)8-12(29-30)10-4-5-26-14(7-10)18(20,21)22/h4-5,7-8,11H,2-3,6H2,1H3,(H,28,31)/t11-/m1/s1. The second kappa shape index (κ2) is 7.64. The lowest BCUT2D eigenvalue weighted by atomic mass is 10.0. The Morgan fingerprint density at radius 1 is 1.19 bits per heavy atom. The third kappa shape index (κ3) is 4.18. The van der Waals surface area contributed by atoms with Crippen LogP contribution in [0.1, 0.15) is 52.4 Å². The van der Waals surface area contributed by atoms with Crippen molar-refractivity contribution in [3.63, 3.8) is 0 Å². The van der Waals surface area contributed by atoms with E-state index < -0.39 is 41.6 Å². The maximum Gasteiger partial charge on any atom is 0.468 e. The summed E-state index contributed by atoms with van der Waals surface area (Å²) in [5.41, 5.74) is -0.314. The van der Waals surface area contributed by atoms with E-state index in [0.717, 1.165) is 12.3 Å². The summed E-state index contributed by atoms with van der Waals surface area (Å²) in [6.07, 6.45) is -7.37. The number of amides is 1. The number of aromatic nitrogens is 4. The Morgan fingerprint density at radius 3 is 2.59 bits per heavy atom. The van der Waals surface area contributed by atoms with E-state index in [1.807, 2.05) is 0 Å². The Hall–Kier alpha value is -3.38. The lowest BCUT2D eigenvalue weighted by Crippen LogP contribution is -2.32. The molecule has 7 nitrogen and oxygen atoms in total. The quantitative estimate of drug-likeness (QED) is 0.581. The van der Waals surface area contributed by atoms with Crippen LogP contribution in [0.25, 0.3) is 11.3 Å². The second-order valence-corrected chi connectivity index (χ2v) is 7.20. The van der Waals surface area contributed by atoms with Crippen LogP contribution in [0.2, 0.25) is 0 Å². The first kappa shape index (κ1) is 21.8. The molecule has 1 amide bonds. The minimum absolute atomic E-state index is 0.195. The van der Waals surface area contributed by atoms with E-state index in [4.69, 9.17) is 0 Å². The van der Waals surface area contributed by atoms with Gasteiger partial charge in [-0.3, -0.25) is 14.5 Å². The minimum Gasteiger partial charge on any atom is -0.427 e. The third-order valence-electron chi connectivity index (χ3n) is 4.93. The van der Waals surface area contributed by atoms with Gasteiger partial charge >= 0.3 is 18.2 Å². The summed E-state index contributed by atoms with van der Waals surface area (Å²) in [5.74, 6) is -2.96. The predicted octanol–water partition coefficient (Wildman–Crippen LogP) is 4.54. The molecule has 0 fully saturated rings. The number of pyridine rings is 1. The lowest BCUT2D eigenvalue weighted by molar-refractivity contribution is -0.157.